The Labute approximate surface area is 94.2 Å². The van der Waals surface area contributed by atoms with Crippen LogP contribution < -0.4 is 16.8 Å². The summed E-state index contributed by atoms with van der Waals surface area (Å²) in [5, 5.41) is 2.39. The topological polar surface area (TPSA) is 120 Å². The second-order valence-corrected chi connectivity index (χ2v) is 3.04. The van der Waals surface area contributed by atoms with E-state index in [1.54, 1.807) is 6.92 Å². The maximum Gasteiger partial charge on any atom is 0.328 e. The smallest absolute Gasteiger partial charge is 0.328 e. The first kappa shape index (κ1) is 14.2. The number of hydrogen-bond acceptors (Lipinski definition) is 4. The van der Waals surface area contributed by atoms with Gasteiger partial charge >= 0.3 is 5.97 Å². The Kier molecular flexibility index (Phi) is 7.56. The molecule has 0 fully saturated rings. The maximum absolute atomic E-state index is 11.3. The average Bonchev–Trinajstić information content (AvgIpc) is 2.22. The molecule has 7 nitrogen and oxygen atoms in total. The van der Waals surface area contributed by atoms with Crippen LogP contribution in [-0.4, -0.2) is 37.5 Å². The molecule has 0 radical (unpaired) electrons. The van der Waals surface area contributed by atoms with Crippen molar-refractivity contribution in [2.75, 3.05) is 13.2 Å². The molecule has 0 unspecified atom stereocenters. The van der Waals surface area contributed by atoms with Gasteiger partial charge in [-0.25, -0.2) is 4.79 Å². The van der Waals surface area contributed by atoms with Gasteiger partial charge in [0.25, 0.3) is 0 Å². The highest BCUT2D eigenvalue weighted by Gasteiger charge is 2.17. The molecule has 1 amide bonds. The normalized spacial score (nSPS) is 11.3. The lowest BCUT2D eigenvalue weighted by Crippen LogP contribution is -2.37. The van der Waals surface area contributed by atoms with E-state index in [0.717, 1.165) is 0 Å². The molecular weight excluding hydrogens is 212 g/mol. The summed E-state index contributed by atoms with van der Waals surface area (Å²) in [6.07, 6.45) is 1.50. The highest BCUT2D eigenvalue weighted by atomic mass is 16.5. The molecule has 0 saturated carbocycles. The molecule has 0 rings (SSSR count). The van der Waals surface area contributed by atoms with Crippen LogP contribution >= 0.6 is 0 Å². The van der Waals surface area contributed by atoms with Crippen molar-refractivity contribution in [3.63, 3.8) is 0 Å². The van der Waals surface area contributed by atoms with Gasteiger partial charge in [-0.15, -0.1) is 0 Å². The van der Waals surface area contributed by atoms with Crippen LogP contribution in [0.2, 0.25) is 0 Å². The minimum absolute atomic E-state index is 0.0102. The Morgan fingerprint density at radius 1 is 1.56 bits per heavy atom. The Hall–Kier alpha value is -1.79. The van der Waals surface area contributed by atoms with Gasteiger partial charge in [-0.1, -0.05) is 0 Å². The maximum atomic E-state index is 11.3. The predicted octanol–water partition coefficient (Wildman–Crippen LogP) is -1.28. The van der Waals surface area contributed by atoms with Gasteiger partial charge in [0.05, 0.1) is 6.61 Å². The van der Waals surface area contributed by atoms with E-state index >= 15 is 0 Å². The van der Waals surface area contributed by atoms with E-state index in [9.17, 15) is 9.59 Å². The number of nitrogens with one attached hydrogen (secondary N) is 1. The van der Waals surface area contributed by atoms with Crippen LogP contribution in [0.4, 0.5) is 0 Å². The summed E-state index contributed by atoms with van der Waals surface area (Å²) in [6, 6.07) is -0.633. The first-order valence-corrected chi connectivity index (χ1v) is 5.03. The molecule has 0 aromatic heterocycles. The van der Waals surface area contributed by atoms with E-state index < -0.39 is 12.0 Å². The minimum Gasteiger partial charge on any atom is -0.464 e. The zero-order valence-electron chi connectivity index (χ0n) is 9.31. The molecule has 0 heterocycles. The molecule has 7 heteroatoms. The van der Waals surface area contributed by atoms with E-state index in [4.69, 9.17) is 16.2 Å². The van der Waals surface area contributed by atoms with Gasteiger partial charge in [-0.2, -0.15) is 0 Å². The zero-order chi connectivity index (χ0) is 12.4. The molecule has 0 aliphatic carbocycles. The van der Waals surface area contributed by atoms with Gasteiger partial charge in [0.1, 0.15) is 6.04 Å². The molecule has 0 aromatic carbocycles. The summed E-state index contributed by atoms with van der Waals surface area (Å²) in [5.74, 6) is -0.435. The Balaban J connectivity index is 3.98. The van der Waals surface area contributed by atoms with Gasteiger partial charge in [0.2, 0.25) is 6.41 Å². The number of amides is 1. The predicted molar refractivity (Wildman–Crippen MR) is 59.5 cm³/mol. The van der Waals surface area contributed by atoms with E-state index in [2.05, 4.69) is 10.3 Å². The number of carbonyl (C=O) groups excluding carboxylic acids is 2. The van der Waals surface area contributed by atoms with Gasteiger partial charge in [0, 0.05) is 6.54 Å². The first-order chi connectivity index (χ1) is 7.61. The number of aliphatic imine (C=N–C) groups is 1. The van der Waals surface area contributed by atoms with Gasteiger partial charge < -0.3 is 21.5 Å². The second-order valence-electron chi connectivity index (χ2n) is 3.04. The number of rotatable bonds is 8. The van der Waals surface area contributed by atoms with Crippen LogP contribution in [0, 0.1) is 0 Å². The third kappa shape index (κ3) is 6.63. The van der Waals surface area contributed by atoms with Crippen LogP contribution in [0.1, 0.15) is 19.8 Å². The summed E-state index contributed by atoms with van der Waals surface area (Å²) in [5.41, 5.74) is 10.3. The molecule has 0 aliphatic heterocycles. The van der Waals surface area contributed by atoms with E-state index in [0.29, 0.717) is 25.8 Å². The summed E-state index contributed by atoms with van der Waals surface area (Å²) >= 11 is 0. The number of carbonyl (C=O) groups is 2. The highest BCUT2D eigenvalue weighted by molar-refractivity contribution is 5.78. The Morgan fingerprint density at radius 2 is 2.25 bits per heavy atom. The molecular formula is C9H18N4O3. The molecule has 5 N–H and O–H groups in total. The lowest BCUT2D eigenvalue weighted by atomic mass is 10.1. The van der Waals surface area contributed by atoms with Crippen LogP contribution in [-0.2, 0) is 14.3 Å². The van der Waals surface area contributed by atoms with Gasteiger partial charge in [-0.05, 0) is 19.8 Å². The van der Waals surface area contributed by atoms with Crippen LogP contribution in [0.5, 0.6) is 0 Å². The SMILES string of the molecule is CCOC(=O)[C@H](CCCN=C(N)N)NC=O. The molecule has 0 aromatic rings. The van der Waals surface area contributed by atoms with Crippen molar-refractivity contribution in [2.45, 2.75) is 25.8 Å². The zero-order valence-corrected chi connectivity index (χ0v) is 9.31. The van der Waals surface area contributed by atoms with E-state index in [-0.39, 0.29) is 12.6 Å². The van der Waals surface area contributed by atoms with Gasteiger partial charge in [0.15, 0.2) is 5.96 Å². The van der Waals surface area contributed by atoms with E-state index in [1.165, 1.54) is 0 Å². The van der Waals surface area contributed by atoms with Crippen LogP contribution in [0.3, 0.4) is 0 Å². The van der Waals surface area contributed by atoms with Crippen molar-refractivity contribution in [3.05, 3.63) is 0 Å². The van der Waals surface area contributed by atoms with Crippen molar-refractivity contribution in [1.29, 1.82) is 0 Å². The van der Waals surface area contributed by atoms with Crippen molar-refractivity contribution in [3.8, 4) is 0 Å². The van der Waals surface area contributed by atoms with Crippen LogP contribution in [0.25, 0.3) is 0 Å². The fourth-order valence-corrected chi connectivity index (χ4v) is 1.10. The summed E-state index contributed by atoms with van der Waals surface area (Å²) in [7, 11) is 0. The van der Waals surface area contributed by atoms with Crippen LogP contribution in [0.15, 0.2) is 4.99 Å². The molecule has 16 heavy (non-hydrogen) atoms. The quantitative estimate of drug-likeness (QED) is 0.158. The molecule has 0 saturated heterocycles. The first-order valence-electron chi connectivity index (χ1n) is 5.03. The number of nitrogens with zero attached hydrogens (tertiary/aromatic N) is 1. The summed E-state index contributed by atoms with van der Waals surface area (Å²) in [4.78, 5) is 25.4. The number of hydrogen-bond donors (Lipinski definition) is 3. The number of ether oxygens (including phenoxy) is 1. The third-order valence-electron chi connectivity index (χ3n) is 1.79. The lowest BCUT2D eigenvalue weighted by Gasteiger charge is -2.13. The van der Waals surface area contributed by atoms with Gasteiger partial charge in [-0.3, -0.25) is 9.79 Å². The fourth-order valence-electron chi connectivity index (χ4n) is 1.10. The molecule has 0 spiro atoms. The Morgan fingerprint density at radius 3 is 2.75 bits per heavy atom. The lowest BCUT2D eigenvalue weighted by molar-refractivity contribution is -0.146. The van der Waals surface area contributed by atoms with Crippen molar-refractivity contribution in [1.82, 2.24) is 5.32 Å². The number of esters is 1. The fraction of sp³-hybridized carbons (Fsp3) is 0.667. The van der Waals surface area contributed by atoms with Crippen molar-refractivity contribution < 1.29 is 14.3 Å². The van der Waals surface area contributed by atoms with Crippen molar-refractivity contribution in [2.24, 2.45) is 16.5 Å². The molecule has 0 bridgehead atoms. The Bertz CT molecular complexity index is 251. The number of guanidine groups is 1. The summed E-state index contributed by atoms with van der Waals surface area (Å²) < 4.78 is 4.79. The molecule has 1 atom stereocenters. The van der Waals surface area contributed by atoms with E-state index in [1.807, 2.05) is 0 Å². The molecule has 0 aliphatic rings. The minimum atomic E-state index is -0.633. The third-order valence-corrected chi connectivity index (χ3v) is 1.79. The highest BCUT2D eigenvalue weighted by Crippen LogP contribution is 2.00. The second kappa shape index (κ2) is 8.51. The summed E-state index contributed by atoms with van der Waals surface area (Å²) in [6.45, 7) is 2.40. The average molecular weight is 230 g/mol. The van der Waals surface area contributed by atoms with Crippen molar-refractivity contribution >= 4 is 18.3 Å². The molecule has 92 valence electrons. The standard InChI is InChI=1S/C9H18N4O3/c1-2-16-8(15)7(13-6-14)4-3-5-12-9(10)11/h6-7H,2-5H2,1H3,(H,13,14)(H4,10,11,12)/t7-/m0/s1. The monoisotopic (exact) mass is 230 g/mol. The largest absolute Gasteiger partial charge is 0.464 e. The number of nitrogens with two attached hydrogens (primary N) is 2.